The van der Waals surface area contributed by atoms with E-state index in [9.17, 15) is 4.79 Å². The predicted octanol–water partition coefficient (Wildman–Crippen LogP) is 1.82. The van der Waals surface area contributed by atoms with E-state index in [1.807, 2.05) is 0 Å². The van der Waals surface area contributed by atoms with Crippen molar-refractivity contribution in [3.63, 3.8) is 0 Å². The van der Waals surface area contributed by atoms with Crippen LogP contribution in [0.2, 0.25) is 0 Å². The maximum absolute atomic E-state index is 10.5. The number of carboxylic acids is 1. The lowest BCUT2D eigenvalue weighted by Gasteiger charge is -2.13. The molecule has 0 aromatic heterocycles. The van der Waals surface area contributed by atoms with E-state index in [1.54, 1.807) is 0 Å². The molecule has 1 fully saturated rings. The number of hydrogen-bond donors (Lipinski definition) is 1. The first-order chi connectivity index (χ1) is 4.15. The van der Waals surface area contributed by atoms with Crippen LogP contribution >= 0.6 is 22.6 Å². The topological polar surface area (TPSA) is 37.3 Å². The zero-order valence-electron chi connectivity index (χ0n) is 5.06. The molecule has 1 aliphatic rings. The van der Waals surface area contributed by atoms with Crippen LogP contribution in [0.3, 0.4) is 0 Å². The summed E-state index contributed by atoms with van der Waals surface area (Å²) in [5.41, 5.74) is 0. The molecule has 0 heterocycles. The van der Waals surface area contributed by atoms with Gasteiger partial charge in [0.1, 0.15) is 3.42 Å². The van der Waals surface area contributed by atoms with Crippen molar-refractivity contribution < 1.29 is 9.90 Å². The Bertz CT molecular complexity index is 127. The number of carbonyl (C=O) groups is 1. The van der Waals surface area contributed by atoms with Crippen LogP contribution in [-0.2, 0) is 4.79 Å². The predicted molar refractivity (Wildman–Crippen MR) is 42.9 cm³/mol. The standard InChI is InChI=1S/C6H9IO2/c7-6(5(8)9)3-1-2-4-6/h1-4H2,(H,8,9). The molecule has 0 aliphatic heterocycles. The smallest absolute Gasteiger partial charge is 0.319 e. The molecule has 0 atom stereocenters. The Hall–Kier alpha value is 0.200. The van der Waals surface area contributed by atoms with E-state index in [4.69, 9.17) is 5.11 Å². The molecule has 0 aromatic carbocycles. The van der Waals surface area contributed by atoms with Crippen molar-refractivity contribution in [2.45, 2.75) is 29.1 Å². The van der Waals surface area contributed by atoms with Crippen molar-refractivity contribution in [1.29, 1.82) is 0 Å². The maximum Gasteiger partial charge on any atom is 0.319 e. The minimum atomic E-state index is -0.638. The molecule has 0 bridgehead atoms. The second-order valence-corrected chi connectivity index (χ2v) is 4.54. The molecule has 1 rings (SSSR count). The Labute approximate surface area is 67.8 Å². The summed E-state index contributed by atoms with van der Waals surface area (Å²) in [6.45, 7) is 0. The molecular weight excluding hydrogens is 231 g/mol. The van der Waals surface area contributed by atoms with Crippen LogP contribution in [0.25, 0.3) is 0 Å². The number of alkyl halides is 1. The van der Waals surface area contributed by atoms with Crippen molar-refractivity contribution in [3.05, 3.63) is 0 Å². The highest BCUT2D eigenvalue weighted by molar-refractivity contribution is 14.1. The first kappa shape index (κ1) is 7.31. The van der Waals surface area contributed by atoms with Gasteiger partial charge in [0, 0.05) is 0 Å². The molecule has 9 heavy (non-hydrogen) atoms. The van der Waals surface area contributed by atoms with Gasteiger partial charge in [-0.15, -0.1) is 0 Å². The molecule has 0 amide bonds. The molecule has 3 heteroatoms. The van der Waals surface area contributed by atoms with Gasteiger partial charge >= 0.3 is 5.97 Å². The van der Waals surface area contributed by atoms with Crippen molar-refractivity contribution in [2.24, 2.45) is 0 Å². The maximum atomic E-state index is 10.5. The van der Waals surface area contributed by atoms with Gasteiger partial charge in [-0.05, 0) is 12.8 Å². The van der Waals surface area contributed by atoms with Gasteiger partial charge in [0.25, 0.3) is 0 Å². The van der Waals surface area contributed by atoms with Gasteiger partial charge in [0.05, 0.1) is 0 Å². The van der Waals surface area contributed by atoms with Crippen LogP contribution in [-0.4, -0.2) is 14.5 Å². The third-order valence-corrected chi connectivity index (χ3v) is 3.32. The summed E-state index contributed by atoms with van der Waals surface area (Å²) in [7, 11) is 0. The fraction of sp³-hybridized carbons (Fsp3) is 0.833. The minimum absolute atomic E-state index is 0.419. The third kappa shape index (κ3) is 1.36. The first-order valence-electron chi connectivity index (χ1n) is 3.07. The summed E-state index contributed by atoms with van der Waals surface area (Å²) in [5, 5.41) is 8.66. The van der Waals surface area contributed by atoms with Crippen molar-refractivity contribution in [1.82, 2.24) is 0 Å². The Morgan fingerprint density at radius 2 is 1.89 bits per heavy atom. The van der Waals surface area contributed by atoms with Crippen LogP contribution in [0.5, 0.6) is 0 Å². The van der Waals surface area contributed by atoms with Gasteiger partial charge in [0.2, 0.25) is 0 Å². The average molecular weight is 240 g/mol. The average Bonchev–Trinajstić information content (AvgIpc) is 2.16. The Morgan fingerprint density at radius 3 is 2.11 bits per heavy atom. The summed E-state index contributed by atoms with van der Waals surface area (Å²) >= 11 is 2.06. The SMILES string of the molecule is O=C(O)C1(I)CCCC1. The summed E-state index contributed by atoms with van der Waals surface area (Å²) in [6, 6.07) is 0. The van der Waals surface area contributed by atoms with Crippen LogP contribution in [0.4, 0.5) is 0 Å². The van der Waals surface area contributed by atoms with E-state index in [1.165, 1.54) is 0 Å². The second kappa shape index (κ2) is 2.44. The molecular formula is C6H9IO2. The van der Waals surface area contributed by atoms with Gasteiger partial charge in [0.15, 0.2) is 0 Å². The third-order valence-electron chi connectivity index (χ3n) is 1.78. The van der Waals surface area contributed by atoms with Gasteiger partial charge in [-0.25, -0.2) is 0 Å². The number of halogens is 1. The molecule has 0 saturated heterocycles. The highest BCUT2D eigenvalue weighted by Crippen LogP contribution is 2.37. The van der Waals surface area contributed by atoms with Gasteiger partial charge < -0.3 is 5.11 Å². The summed E-state index contributed by atoms with van der Waals surface area (Å²) in [6.07, 6.45) is 3.86. The molecule has 1 aliphatic carbocycles. The van der Waals surface area contributed by atoms with E-state index in [2.05, 4.69) is 22.6 Å². The van der Waals surface area contributed by atoms with Crippen LogP contribution < -0.4 is 0 Å². The highest BCUT2D eigenvalue weighted by Gasteiger charge is 2.37. The Morgan fingerprint density at radius 1 is 1.44 bits per heavy atom. The van der Waals surface area contributed by atoms with Crippen LogP contribution in [0, 0.1) is 0 Å². The first-order valence-corrected chi connectivity index (χ1v) is 4.15. The van der Waals surface area contributed by atoms with Gasteiger partial charge in [-0.2, -0.15) is 0 Å². The number of rotatable bonds is 1. The van der Waals surface area contributed by atoms with Crippen molar-refractivity contribution >= 4 is 28.6 Å². The Kier molecular flexibility index (Phi) is 1.98. The fourth-order valence-electron chi connectivity index (χ4n) is 1.15. The quantitative estimate of drug-likeness (QED) is 0.560. The molecule has 1 N–H and O–H groups in total. The summed E-state index contributed by atoms with van der Waals surface area (Å²) < 4.78 is -0.419. The lowest BCUT2D eigenvalue weighted by atomic mass is 10.1. The summed E-state index contributed by atoms with van der Waals surface area (Å²) in [4.78, 5) is 10.5. The largest absolute Gasteiger partial charge is 0.480 e. The van der Waals surface area contributed by atoms with Crippen LogP contribution in [0.15, 0.2) is 0 Å². The van der Waals surface area contributed by atoms with E-state index in [0.717, 1.165) is 25.7 Å². The molecule has 52 valence electrons. The lowest BCUT2D eigenvalue weighted by Crippen LogP contribution is -2.27. The van der Waals surface area contributed by atoms with Crippen molar-refractivity contribution in [3.8, 4) is 0 Å². The van der Waals surface area contributed by atoms with E-state index < -0.39 is 9.39 Å². The van der Waals surface area contributed by atoms with Crippen LogP contribution in [0.1, 0.15) is 25.7 Å². The van der Waals surface area contributed by atoms with Crippen molar-refractivity contribution in [2.75, 3.05) is 0 Å². The monoisotopic (exact) mass is 240 g/mol. The van der Waals surface area contributed by atoms with Gasteiger partial charge in [-0.3, -0.25) is 4.79 Å². The highest BCUT2D eigenvalue weighted by atomic mass is 127. The number of aliphatic carboxylic acids is 1. The summed E-state index contributed by atoms with van der Waals surface area (Å²) in [5.74, 6) is -0.638. The Balaban J connectivity index is 2.61. The zero-order chi connectivity index (χ0) is 6.91. The molecule has 0 unspecified atom stereocenters. The molecule has 1 saturated carbocycles. The van der Waals surface area contributed by atoms with Gasteiger partial charge in [-0.1, -0.05) is 35.4 Å². The minimum Gasteiger partial charge on any atom is -0.480 e. The van der Waals surface area contributed by atoms with E-state index >= 15 is 0 Å². The molecule has 0 spiro atoms. The van der Waals surface area contributed by atoms with E-state index in [0.29, 0.717) is 0 Å². The molecule has 0 radical (unpaired) electrons. The second-order valence-electron chi connectivity index (χ2n) is 2.48. The molecule has 2 nitrogen and oxygen atoms in total. The molecule has 0 aromatic rings. The number of carboxylic acid groups (broad SMARTS) is 1. The fourth-order valence-corrected chi connectivity index (χ4v) is 1.91. The number of hydrogen-bond acceptors (Lipinski definition) is 1. The van der Waals surface area contributed by atoms with E-state index in [-0.39, 0.29) is 0 Å². The zero-order valence-corrected chi connectivity index (χ0v) is 7.22. The normalized spacial score (nSPS) is 24.1. The lowest BCUT2D eigenvalue weighted by molar-refractivity contribution is -0.139.